The van der Waals surface area contributed by atoms with Crippen molar-refractivity contribution in [1.82, 2.24) is 0 Å². The van der Waals surface area contributed by atoms with Crippen LogP contribution in [0.1, 0.15) is 5.56 Å². The fourth-order valence-corrected chi connectivity index (χ4v) is 1.02. The van der Waals surface area contributed by atoms with Gasteiger partial charge in [-0.15, -0.1) is 13.2 Å². The Morgan fingerprint density at radius 3 is 2.38 bits per heavy atom. The Hall–Kier alpha value is -1.86. The largest absolute Gasteiger partial charge is 0.573 e. The highest BCUT2D eigenvalue weighted by Crippen LogP contribution is 2.30. The minimum absolute atomic E-state index is 0.348. The molecule has 1 aromatic rings. The molecule has 0 atom stereocenters. The number of hydrogen-bond donors (Lipinski definition) is 0. The first kappa shape index (κ1) is 12.2. The first-order chi connectivity index (χ1) is 7.20. The average molecular weight is 239 g/mol. The van der Waals surface area contributed by atoms with Crippen molar-refractivity contribution in [2.75, 3.05) is 0 Å². The number of hydrogen-bond acceptors (Lipinski definition) is 3. The molecule has 0 aromatic heterocycles. The zero-order chi connectivity index (χ0) is 12.5. The number of ether oxygens (including phenoxy) is 1. The molecule has 0 N–H and O–H groups in total. The van der Waals surface area contributed by atoms with E-state index >= 15 is 0 Å². The molecule has 0 radical (unpaired) electrons. The van der Waals surface area contributed by atoms with E-state index in [0.717, 1.165) is 6.92 Å². The molecule has 0 unspecified atom stereocenters. The number of nitro benzene ring substituents is 1. The van der Waals surface area contributed by atoms with Crippen LogP contribution in [-0.4, -0.2) is 11.3 Å². The fraction of sp³-hybridized carbons (Fsp3) is 0.250. The van der Waals surface area contributed by atoms with Crippen LogP contribution in [0.4, 0.5) is 23.2 Å². The van der Waals surface area contributed by atoms with Gasteiger partial charge in [0.2, 0.25) is 0 Å². The fourth-order valence-electron chi connectivity index (χ4n) is 1.02. The third kappa shape index (κ3) is 2.81. The third-order valence-electron chi connectivity index (χ3n) is 1.72. The lowest BCUT2D eigenvalue weighted by Gasteiger charge is -2.09. The van der Waals surface area contributed by atoms with Crippen LogP contribution in [0.15, 0.2) is 12.1 Å². The van der Waals surface area contributed by atoms with Gasteiger partial charge in [0.15, 0.2) is 0 Å². The van der Waals surface area contributed by atoms with Crippen molar-refractivity contribution in [2.45, 2.75) is 13.3 Å². The van der Waals surface area contributed by atoms with Crippen LogP contribution in [0, 0.1) is 22.9 Å². The molecule has 16 heavy (non-hydrogen) atoms. The van der Waals surface area contributed by atoms with Crippen LogP contribution in [0.25, 0.3) is 0 Å². The van der Waals surface area contributed by atoms with E-state index in [4.69, 9.17) is 0 Å². The molecule has 0 amide bonds. The van der Waals surface area contributed by atoms with E-state index in [1.165, 1.54) is 0 Å². The van der Waals surface area contributed by atoms with E-state index in [9.17, 15) is 27.7 Å². The van der Waals surface area contributed by atoms with Crippen molar-refractivity contribution in [3.8, 4) is 5.75 Å². The van der Waals surface area contributed by atoms with E-state index in [1.54, 1.807) is 0 Å². The molecule has 0 fully saturated rings. The van der Waals surface area contributed by atoms with Gasteiger partial charge in [-0.2, -0.15) is 0 Å². The van der Waals surface area contributed by atoms with Gasteiger partial charge in [0.1, 0.15) is 11.6 Å². The molecular weight excluding hydrogens is 234 g/mol. The molecule has 0 heterocycles. The van der Waals surface area contributed by atoms with Crippen LogP contribution in [0.5, 0.6) is 5.75 Å². The number of nitrogens with zero attached hydrogens (tertiary/aromatic N) is 1. The summed E-state index contributed by atoms with van der Waals surface area (Å²) in [4.78, 5) is 9.41. The van der Waals surface area contributed by atoms with Gasteiger partial charge in [0.25, 0.3) is 5.69 Å². The van der Waals surface area contributed by atoms with Gasteiger partial charge in [0, 0.05) is 6.07 Å². The number of alkyl halides is 3. The molecule has 0 bridgehead atoms. The summed E-state index contributed by atoms with van der Waals surface area (Å²) in [5, 5.41) is 10.4. The van der Waals surface area contributed by atoms with Gasteiger partial charge < -0.3 is 4.74 Å². The van der Waals surface area contributed by atoms with Gasteiger partial charge in [-0.3, -0.25) is 10.1 Å². The Kier molecular flexibility index (Phi) is 3.02. The molecule has 1 rings (SSSR count). The molecule has 88 valence electrons. The van der Waals surface area contributed by atoms with Crippen molar-refractivity contribution in [3.05, 3.63) is 33.6 Å². The van der Waals surface area contributed by atoms with Gasteiger partial charge in [-0.25, -0.2) is 4.39 Å². The zero-order valence-electron chi connectivity index (χ0n) is 7.84. The highest BCUT2D eigenvalue weighted by atomic mass is 19.4. The summed E-state index contributed by atoms with van der Waals surface area (Å²) >= 11 is 0. The summed E-state index contributed by atoms with van der Waals surface area (Å²) in [5.41, 5.74) is -1.11. The number of nitro groups is 1. The molecule has 1 aromatic carbocycles. The second-order valence-electron chi connectivity index (χ2n) is 2.85. The van der Waals surface area contributed by atoms with Crippen LogP contribution in [-0.2, 0) is 0 Å². The third-order valence-corrected chi connectivity index (χ3v) is 1.72. The number of rotatable bonds is 2. The minimum atomic E-state index is -5.02. The summed E-state index contributed by atoms with van der Waals surface area (Å²) in [6.07, 6.45) is -5.02. The molecule has 0 aliphatic carbocycles. The molecule has 8 heteroatoms. The van der Waals surface area contributed by atoms with Crippen LogP contribution in [0.3, 0.4) is 0 Å². The summed E-state index contributed by atoms with van der Waals surface area (Å²) in [6, 6.07) is 0.960. The van der Waals surface area contributed by atoms with Crippen LogP contribution >= 0.6 is 0 Å². The smallest absolute Gasteiger partial charge is 0.405 e. The van der Waals surface area contributed by atoms with Gasteiger partial charge in [-0.05, 0) is 6.92 Å². The monoisotopic (exact) mass is 239 g/mol. The highest BCUT2D eigenvalue weighted by molar-refractivity contribution is 5.46. The van der Waals surface area contributed by atoms with E-state index in [0.29, 0.717) is 12.1 Å². The molecule has 4 nitrogen and oxygen atoms in total. The quantitative estimate of drug-likeness (QED) is 0.453. The Bertz CT molecular complexity index is 430. The molecule has 0 saturated carbocycles. The van der Waals surface area contributed by atoms with Crippen molar-refractivity contribution in [3.63, 3.8) is 0 Å². The van der Waals surface area contributed by atoms with Gasteiger partial charge >= 0.3 is 6.36 Å². The van der Waals surface area contributed by atoms with E-state index in [1.807, 2.05) is 0 Å². The Morgan fingerprint density at radius 1 is 1.38 bits per heavy atom. The lowest BCUT2D eigenvalue weighted by atomic mass is 10.2. The maximum Gasteiger partial charge on any atom is 0.573 e. The zero-order valence-corrected chi connectivity index (χ0v) is 7.84. The van der Waals surface area contributed by atoms with Crippen molar-refractivity contribution < 1.29 is 27.2 Å². The maximum absolute atomic E-state index is 13.0. The van der Waals surface area contributed by atoms with Crippen LogP contribution in [0.2, 0.25) is 0 Å². The summed E-state index contributed by atoms with van der Waals surface area (Å²) in [7, 11) is 0. The van der Waals surface area contributed by atoms with Crippen molar-refractivity contribution >= 4 is 5.69 Å². The second kappa shape index (κ2) is 3.95. The predicted octanol–water partition coefficient (Wildman–Crippen LogP) is 2.94. The summed E-state index contributed by atoms with van der Waals surface area (Å²) in [5.74, 6) is -2.09. The first-order valence-corrected chi connectivity index (χ1v) is 3.91. The normalized spacial score (nSPS) is 11.3. The minimum Gasteiger partial charge on any atom is -0.405 e. The SMILES string of the molecule is Cc1c(F)cc(OC(F)(F)F)cc1[N+](=O)[O-]. The standard InChI is InChI=1S/C8H5F4NO3/c1-4-6(9)2-5(16-8(10,11)12)3-7(4)13(14)15/h2-3H,1H3. The summed E-state index contributed by atoms with van der Waals surface area (Å²) < 4.78 is 51.8. The summed E-state index contributed by atoms with van der Waals surface area (Å²) in [6.45, 7) is 1.09. The van der Waals surface area contributed by atoms with E-state index < -0.39 is 28.5 Å². The lowest BCUT2D eigenvalue weighted by molar-refractivity contribution is -0.385. The van der Waals surface area contributed by atoms with E-state index in [-0.39, 0.29) is 5.56 Å². The van der Waals surface area contributed by atoms with Gasteiger partial charge in [0.05, 0.1) is 16.6 Å². The average Bonchev–Trinajstić information content (AvgIpc) is 2.07. The maximum atomic E-state index is 13.0. The van der Waals surface area contributed by atoms with Crippen molar-refractivity contribution in [2.24, 2.45) is 0 Å². The molecule has 0 saturated heterocycles. The van der Waals surface area contributed by atoms with Gasteiger partial charge in [-0.1, -0.05) is 0 Å². The molecule has 0 aliphatic rings. The Morgan fingerprint density at radius 2 is 1.94 bits per heavy atom. The molecule has 0 aliphatic heterocycles. The second-order valence-corrected chi connectivity index (χ2v) is 2.85. The Balaban J connectivity index is 3.19. The highest BCUT2D eigenvalue weighted by Gasteiger charge is 2.32. The van der Waals surface area contributed by atoms with Crippen molar-refractivity contribution in [1.29, 1.82) is 0 Å². The topological polar surface area (TPSA) is 52.4 Å². The first-order valence-electron chi connectivity index (χ1n) is 3.91. The van der Waals surface area contributed by atoms with E-state index in [2.05, 4.69) is 4.74 Å². The Labute approximate surface area is 86.6 Å². The number of halogens is 4. The lowest BCUT2D eigenvalue weighted by Crippen LogP contribution is -2.17. The molecule has 0 spiro atoms. The molecular formula is C8H5F4NO3. The van der Waals surface area contributed by atoms with Crippen LogP contribution < -0.4 is 4.74 Å². The number of benzene rings is 1. The predicted molar refractivity (Wildman–Crippen MR) is 44.5 cm³/mol.